The van der Waals surface area contributed by atoms with E-state index in [9.17, 15) is 9.90 Å². The van der Waals surface area contributed by atoms with Gasteiger partial charge in [-0.1, -0.05) is 67.9 Å². The molecule has 1 unspecified atom stereocenters. The first-order valence-electron chi connectivity index (χ1n) is 18.8. The van der Waals surface area contributed by atoms with E-state index in [1.54, 1.807) is 6.33 Å². The van der Waals surface area contributed by atoms with E-state index in [1.807, 2.05) is 17.7 Å². The lowest BCUT2D eigenvalue weighted by atomic mass is 9.34. The van der Waals surface area contributed by atoms with Gasteiger partial charge in [-0.15, -0.1) is 5.10 Å². The van der Waals surface area contributed by atoms with Gasteiger partial charge in [0.25, 0.3) is 0 Å². The average Bonchev–Trinajstić information content (AvgIpc) is 3.56. The number of fused-ring (bicyclic) bond motifs is 3. The lowest BCUT2D eigenvalue weighted by Gasteiger charge is -2.71. The summed E-state index contributed by atoms with van der Waals surface area (Å²) >= 11 is 0. The molecule has 0 radical (unpaired) electrons. The van der Waals surface area contributed by atoms with Gasteiger partial charge in [-0.25, -0.2) is 4.68 Å². The molecule has 10 nitrogen and oxygen atoms in total. The molecule has 4 fully saturated rings. The summed E-state index contributed by atoms with van der Waals surface area (Å²) in [7, 11) is 4.23. The zero-order valence-electron chi connectivity index (χ0n) is 32.2. The molecule has 2 bridgehead atoms. The number of rotatable bonds is 9. The number of likely N-dealkylation sites (N-methyl/N-ethyl adjacent to an activating group) is 1. The van der Waals surface area contributed by atoms with Crippen LogP contribution in [0.1, 0.15) is 107 Å². The zero-order valence-corrected chi connectivity index (χ0v) is 32.2. The number of carbonyl (C=O) groups excluding carboxylic acids is 1. The molecule has 0 spiro atoms. The minimum atomic E-state index is -1.05. The highest BCUT2D eigenvalue weighted by Crippen LogP contribution is 2.75. The second kappa shape index (κ2) is 11.9. The molecule has 1 N–H and O–H groups in total. The first-order chi connectivity index (χ1) is 22.8. The summed E-state index contributed by atoms with van der Waals surface area (Å²) in [6, 6.07) is -0.150. The highest BCUT2D eigenvalue weighted by Gasteiger charge is 2.74. The van der Waals surface area contributed by atoms with Gasteiger partial charge in [0.1, 0.15) is 6.33 Å². The number of ether oxygens (including phenoxy) is 2. The van der Waals surface area contributed by atoms with Crippen molar-refractivity contribution in [3.8, 4) is 0 Å². The van der Waals surface area contributed by atoms with E-state index in [2.05, 4.69) is 96.8 Å². The van der Waals surface area contributed by atoms with Gasteiger partial charge in [0.15, 0.2) is 5.78 Å². The smallest absolute Gasteiger partial charge is 0.308 e. The van der Waals surface area contributed by atoms with Crippen LogP contribution in [0.2, 0.25) is 0 Å². The molecule has 6 rings (SSSR count). The quantitative estimate of drug-likeness (QED) is 0.318. The van der Waals surface area contributed by atoms with E-state index in [1.165, 1.54) is 0 Å². The molecule has 1 aromatic heterocycles. The van der Waals surface area contributed by atoms with Crippen LogP contribution in [0.4, 0.5) is 0 Å². The molecule has 3 saturated carbocycles. The molecular weight excluding hydrogens is 618 g/mol. The maximum atomic E-state index is 15.2. The fraction of sp³-hybridized carbons (Fsp3) is 0.872. The monoisotopic (exact) mass is 681 g/mol. The second-order valence-corrected chi connectivity index (χ2v) is 19.0. The summed E-state index contributed by atoms with van der Waals surface area (Å²) in [5.74, 6) is -0.626. The van der Waals surface area contributed by atoms with Crippen LogP contribution >= 0.6 is 0 Å². The highest BCUT2D eigenvalue weighted by molar-refractivity contribution is 6.00. The normalized spacial score (nSPS) is 43.8. The molecule has 1 aromatic rings. The van der Waals surface area contributed by atoms with Crippen molar-refractivity contribution in [3.63, 3.8) is 0 Å². The van der Waals surface area contributed by atoms with Gasteiger partial charge in [-0.05, 0) is 115 Å². The number of tetrazole rings is 1. The Morgan fingerprint density at radius 2 is 1.82 bits per heavy atom. The predicted molar refractivity (Wildman–Crippen MR) is 187 cm³/mol. The average molecular weight is 682 g/mol. The molecule has 12 atom stereocenters. The largest absolute Gasteiger partial charge is 0.481 e. The van der Waals surface area contributed by atoms with Crippen molar-refractivity contribution in [2.24, 2.45) is 62.6 Å². The first-order valence-corrected chi connectivity index (χ1v) is 18.8. The Labute approximate surface area is 294 Å². The van der Waals surface area contributed by atoms with E-state index in [4.69, 9.17) is 9.47 Å². The fourth-order valence-corrected chi connectivity index (χ4v) is 12.3. The topological polar surface area (TPSA) is 120 Å². The maximum absolute atomic E-state index is 15.2. The van der Waals surface area contributed by atoms with Crippen LogP contribution in [0.3, 0.4) is 0 Å². The highest BCUT2D eigenvalue weighted by atomic mass is 16.5. The van der Waals surface area contributed by atoms with Crippen LogP contribution in [0, 0.1) is 62.6 Å². The molecule has 1 saturated heterocycles. The van der Waals surface area contributed by atoms with Gasteiger partial charge >= 0.3 is 5.97 Å². The van der Waals surface area contributed by atoms with Crippen molar-refractivity contribution in [2.45, 2.75) is 119 Å². The standard InChI is InChI=1S/C39H63N5O5/c1-23(2)25(5)35(7)15-16-36(8)26-13-14-29-34(6)18-28(44-22-40-41-42-44)32(49-20-37(9,24(3)4)43(11)12)39(29,21-48-19-34)27(26)17-30(45)38(36,10)31(35)33(46)47/h17,22-26,28-29,31-32H,13-16,18-21H2,1-12H3,(H,46,47)/t25-,26+,28-,29-,31-,32+,34-,35-,36-,37?,38+,39+/m1/s1. The summed E-state index contributed by atoms with van der Waals surface area (Å²) in [4.78, 5) is 30.9. The van der Waals surface area contributed by atoms with Gasteiger partial charge in [0, 0.05) is 16.4 Å². The SMILES string of the molecule is CC(C)[C@@H](C)[C@@]1(C)CC[C@]2(C)[C@H]3CC[C@@H]4[C@@]5(C)COC[C@@]4(C3=CC(=O)[C@@]2(C)[C@@H]1C(=O)O)[C@@H](OCC(C)(C(C)C)N(C)C)[C@H](n1cnnn1)C5. The zero-order chi connectivity index (χ0) is 36.1. The number of carbonyl (C=O) groups is 2. The number of hydrogen-bond acceptors (Lipinski definition) is 8. The Kier molecular flexibility index (Phi) is 8.92. The van der Waals surface area contributed by atoms with Crippen molar-refractivity contribution in [2.75, 3.05) is 33.9 Å². The number of hydrogen-bond donors (Lipinski definition) is 1. The fourth-order valence-electron chi connectivity index (χ4n) is 12.3. The van der Waals surface area contributed by atoms with Crippen LogP contribution in [0.5, 0.6) is 0 Å². The Morgan fingerprint density at radius 3 is 2.39 bits per heavy atom. The van der Waals surface area contributed by atoms with Crippen LogP contribution in [-0.4, -0.2) is 87.5 Å². The van der Waals surface area contributed by atoms with E-state index in [0.29, 0.717) is 31.7 Å². The minimum Gasteiger partial charge on any atom is -0.481 e. The number of carboxylic acids is 1. The lowest BCUT2D eigenvalue weighted by molar-refractivity contribution is -0.255. The molecule has 49 heavy (non-hydrogen) atoms. The summed E-state index contributed by atoms with van der Waals surface area (Å²) < 4.78 is 15.9. The Bertz CT molecular complexity index is 1470. The molecule has 4 aliphatic carbocycles. The minimum absolute atomic E-state index is 0.0298. The molecule has 1 aliphatic heterocycles. The molecule has 10 heteroatoms. The van der Waals surface area contributed by atoms with E-state index in [-0.39, 0.29) is 46.6 Å². The van der Waals surface area contributed by atoms with Crippen LogP contribution in [0.25, 0.3) is 0 Å². The molecule has 0 aromatic carbocycles. The third-order valence-electron chi connectivity index (χ3n) is 16.4. The van der Waals surface area contributed by atoms with Crippen molar-refractivity contribution in [1.29, 1.82) is 0 Å². The number of nitrogens with zero attached hydrogens (tertiary/aromatic N) is 5. The first kappa shape index (κ1) is 36.6. The second-order valence-electron chi connectivity index (χ2n) is 19.0. The van der Waals surface area contributed by atoms with Gasteiger partial charge in [-0.2, -0.15) is 0 Å². The molecule has 274 valence electrons. The number of carboxylic acid groups (broad SMARTS) is 1. The molecular formula is C39H63N5O5. The van der Waals surface area contributed by atoms with Gasteiger partial charge in [0.05, 0.1) is 37.9 Å². The van der Waals surface area contributed by atoms with Crippen molar-refractivity contribution in [3.05, 3.63) is 18.0 Å². The van der Waals surface area contributed by atoms with E-state index in [0.717, 1.165) is 37.7 Å². The summed E-state index contributed by atoms with van der Waals surface area (Å²) in [5, 5.41) is 23.7. The van der Waals surface area contributed by atoms with Crippen molar-refractivity contribution >= 4 is 11.8 Å². The lowest BCUT2D eigenvalue weighted by Crippen LogP contribution is -2.71. The maximum Gasteiger partial charge on any atom is 0.308 e. The summed E-state index contributed by atoms with van der Waals surface area (Å²) in [6.45, 7) is 23.6. The third-order valence-corrected chi connectivity index (χ3v) is 16.4. The van der Waals surface area contributed by atoms with E-state index < -0.39 is 33.5 Å². The Morgan fingerprint density at radius 1 is 1.12 bits per heavy atom. The Balaban J connectivity index is 1.55. The van der Waals surface area contributed by atoms with Crippen LogP contribution in [-0.2, 0) is 19.1 Å². The number of allylic oxidation sites excluding steroid dienone is 1. The van der Waals surface area contributed by atoms with Crippen molar-refractivity contribution in [1.82, 2.24) is 25.1 Å². The molecule has 0 amide bonds. The van der Waals surface area contributed by atoms with E-state index >= 15 is 4.79 Å². The van der Waals surface area contributed by atoms with Crippen LogP contribution < -0.4 is 0 Å². The van der Waals surface area contributed by atoms with Crippen molar-refractivity contribution < 1.29 is 24.2 Å². The summed E-state index contributed by atoms with van der Waals surface area (Å²) in [5.41, 5.74) is -1.96. The van der Waals surface area contributed by atoms with Crippen LogP contribution in [0.15, 0.2) is 18.0 Å². The third kappa shape index (κ3) is 4.84. The van der Waals surface area contributed by atoms with Gasteiger partial charge in [-0.3, -0.25) is 9.59 Å². The number of ketones is 1. The predicted octanol–water partition coefficient (Wildman–Crippen LogP) is 6.34. The number of aromatic nitrogens is 4. The molecule has 5 aliphatic rings. The number of aliphatic carboxylic acids is 1. The Hall–Kier alpha value is -2.17. The van der Waals surface area contributed by atoms with Gasteiger partial charge in [0.2, 0.25) is 0 Å². The molecule has 2 heterocycles. The van der Waals surface area contributed by atoms with Gasteiger partial charge < -0.3 is 19.5 Å². The summed E-state index contributed by atoms with van der Waals surface area (Å²) in [6.07, 6.45) is 7.59.